The molecule has 172 valence electrons. The van der Waals surface area contributed by atoms with Crippen molar-refractivity contribution in [2.24, 2.45) is 5.92 Å². The molecule has 1 aromatic heterocycles. The van der Waals surface area contributed by atoms with E-state index < -0.39 is 10.0 Å². The summed E-state index contributed by atoms with van der Waals surface area (Å²) in [4.78, 5) is 13.0. The molecule has 33 heavy (non-hydrogen) atoms. The molecular weight excluding hydrogens is 444 g/mol. The highest BCUT2D eigenvalue weighted by atomic mass is 32.2. The van der Waals surface area contributed by atoms with Gasteiger partial charge in [0, 0.05) is 5.56 Å². The lowest BCUT2D eigenvalue weighted by atomic mass is 10.0. The molecule has 2 N–H and O–H groups in total. The summed E-state index contributed by atoms with van der Waals surface area (Å²) < 4.78 is 43.9. The predicted octanol–water partition coefficient (Wildman–Crippen LogP) is 3.41. The second-order valence-corrected chi connectivity index (χ2v) is 9.89. The highest BCUT2D eigenvalue weighted by molar-refractivity contribution is 7.89. The summed E-state index contributed by atoms with van der Waals surface area (Å²) in [6.07, 6.45) is 3.56. The lowest BCUT2D eigenvalue weighted by Crippen LogP contribution is -2.30. The highest BCUT2D eigenvalue weighted by Gasteiger charge is 2.34. The fourth-order valence-corrected chi connectivity index (χ4v) is 4.82. The first-order chi connectivity index (χ1) is 16.0. The van der Waals surface area contributed by atoms with Crippen LogP contribution in [0.5, 0.6) is 11.5 Å². The van der Waals surface area contributed by atoms with Crippen LogP contribution in [0.1, 0.15) is 40.6 Å². The normalized spacial score (nSPS) is 16.2. The zero-order chi connectivity index (χ0) is 22.8. The Balaban J connectivity index is 1.28. The minimum atomic E-state index is -3.72. The number of carbonyl (C=O) groups is 1. The smallest absolute Gasteiger partial charge is 0.251 e. The molecule has 2 aliphatic rings. The Morgan fingerprint density at radius 3 is 2.45 bits per heavy atom. The SMILES string of the molecule is O=C(NC(c1ccc2c(c1)OCCO2)C1CC1)c1ccc(S(=O)(=O)NCc2ccco2)cc1. The molecule has 2 heterocycles. The number of nitrogens with one attached hydrogen (secondary N) is 2. The molecule has 1 aliphatic heterocycles. The van der Waals surface area contributed by atoms with Crippen molar-refractivity contribution in [3.8, 4) is 11.5 Å². The van der Waals surface area contributed by atoms with Gasteiger partial charge in [-0.15, -0.1) is 0 Å². The largest absolute Gasteiger partial charge is 0.486 e. The maximum absolute atomic E-state index is 12.9. The standard InChI is InChI=1S/C24H24N2O6S/c27-24(17-5-8-20(9-6-17)33(28,29)25-15-19-2-1-11-30-19)26-23(16-3-4-16)18-7-10-21-22(14-18)32-13-12-31-21/h1-2,5-11,14,16,23,25H,3-4,12-13,15H2,(H,26,27). The average Bonchev–Trinajstić information content (AvgIpc) is 3.54. The Morgan fingerprint density at radius 2 is 1.76 bits per heavy atom. The Hall–Kier alpha value is -3.30. The first-order valence-corrected chi connectivity index (χ1v) is 12.3. The minimum Gasteiger partial charge on any atom is -0.486 e. The van der Waals surface area contributed by atoms with Crippen molar-refractivity contribution in [1.29, 1.82) is 0 Å². The molecule has 8 nitrogen and oxygen atoms in total. The summed E-state index contributed by atoms with van der Waals surface area (Å²) in [5.41, 5.74) is 1.36. The van der Waals surface area contributed by atoms with Crippen molar-refractivity contribution in [2.45, 2.75) is 30.3 Å². The van der Waals surface area contributed by atoms with Crippen molar-refractivity contribution < 1.29 is 27.1 Å². The third-order valence-corrected chi connectivity index (χ3v) is 7.17. The summed E-state index contributed by atoms with van der Waals surface area (Å²) in [5, 5.41) is 3.11. The molecule has 1 atom stereocenters. The number of fused-ring (bicyclic) bond motifs is 1. The number of sulfonamides is 1. The van der Waals surface area contributed by atoms with Crippen LogP contribution >= 0.6 is 0 Å². The van der Waals surface area contributed by atoms with E-state index >= 15 is 0 Å². The van der Waals surface area contributed by atoms with Gasteiger partial charge in [0.25, 0.3) is 5.91 Å². The van der Waals surface area contributed by atoms with Crippen molar-refractivity contribution in [2.75, 3.05) is 13.2 Å². The maximum Gasteiger partial charge on any atom is 0.251 e. The summed E-state index contributed by atoms with van der Waals surface area (Å²) in [5.74, 6) is 2.02. The molecule has 1 fully saturated rings. The van der Waals surface area contributed by atoms with Gasteiger partial charge in [-0.25, -0.2) is 13.1 Å². The van der Waals surface area contributed by atoms with Crippen LogP contribution in [0, 0.1) is 5.92 Å². The third-order valence-electron chi connectivity index (χ3n) is 5.75. The predicted molar refractivity (Wildman–Crippen MR) is 120 cm³/mol. The van der Waals surface area contributed by atoms with Crippen LogP contribution in [0.3, 0.4) is 0 Å². The molecule has 0 bridgehead atoms. The minimum absolute atomic E-state index is 0.0518. The van der Waals surface area contributed by atoms with Crippen LogP contribution in [0.15, 0.2) is 70.2 Å². The lowest BCUT2D eigenvalue weighted by molar-refractivity contribution is 0.0931. The van der Waals surface area contributed by atoms with Crippen molar-refractivity contribution in [3.63, 3.8) is 0 Å². The van der Waals surface area contributed by atoms with Gasteiger partial charge in [0.2, 0.25) is 10.0 Å². The van der Waals surface area contributed by atoms with Crippen LogP contribution in [0.2, 0.25) is 0 Å². The van der Waals surface area contributed by atoms with Gasteiger partial charge >= 0.3 is 0 Å². The molecule has 0 radical (unpaired) electrons. The Kier molecular flexibility index (Phi) is 5.82. The van der Waals surface area contributed by atoms with Gasteiger partial charge in [0.05, 0.1) is 23.7 Å². The number of ether oxygens (including phenoxy) is 2. The number of furan rings is 1. The lowest BCUT2D eigenvalue weighted by Gasteiger charge is -2.23. The number of amides is 1. The van der Waals surface area contributed by atoms with Crippen molar-refractivity contribution in [3.05, 3.63) is 77.7 Å². The van der Waals surface area contributed by atoms with E-state index in [2.05, 4.69) is 10.0 Å². The molecule has 1 amide bonds. The Bertz CT molecular complexity index is 1230. The number of hydrogen-bond acceptors (Lipinski definition) is 6. The van der Waals surface area contributed by atoms with Gasteiger partial charge in [0.1, 0.15) is 19.0 Å². The van der Waals surface area contributed by atoms with Gasteiger partial charge in [-0.1, -0.05) is 6.07 Å². The van der Waals surface area contributed by atoms with E-state index in [1.54, 1.807) is 12.1 Å². The molecule has 0 saturated heterocycles. The van der Waals surface area contributed by atoms with Crippen LogP contribution in [-0.4, -0.2) is 27.5 Å². The third kappa shape index (κ3) is 4.89. The van der Waals surface area contributed by atoms with Crippen LogP contribution in [0.25, 0.3) is 0 Å². The van der Waals surface area contributed by atoms with E-state index in [4.69, 9.17) is 13.9 Å². The molecule has 9 heteroatoms. The molecule has 3 aromatic rings. The first kappa shape index (κ1) is 21.5. The topological polar surface area (TPSA) is 107 Å². The second-order valence-electron chi connectivity index (χ2n) is 8.12. The summed E-state index contributed by atoms with van der Waals surface area (Å²) in [7, 11) is -3.72. The van der Waals surface area contributed by atoms with Gasteiger partial charge in [-0.2, -0.15) is 0 Å². The number of benzene rings is 2. The zero-order valence-corrected chi connectivity index (χ0v) is 18.6. The highest BCUT2D eigenvalue weighted by Crippen LogP contribution is 2.43. The number of rotatable bonds is 8. The Morgan fingerprint density at radius 1 is 1.00 bits per heavy atom. The number of hydrogen-bond donors (Lipinski definition) is 2. The van der Waals surface area contributed by atoms with E-state index in [0.29, 0.717) is 42.0 Å². The molecule has 1 aliphatic carbocycles. The van der Waals surface area contributed by atoms with E-state index in [9.17, 15) is 13.2 Å². The fourth-order valence-electron chi connectivity index (χ4n) is 3.83. The van der Waals surface area contributed by atoms with E-state index in [1.165, 1.54) is 30.5 Å². The van der Waals surface area contributed by atoms with E-state index in [0.717, 1.165) is 18.4 Å². The second kappa shape index (κ2) is 8.92. The average molecular weight is 469 g/mol. The van der Waals surface area contributed by atoms with Crippen molar-refractivity contribution in [1.82, 2.24) is 10.0 Å². The van der Waals surface area contributed by atoms with Crippen LogP contribution < -0.4 is 19.5 Å². The van der Waals surface area contributed by atoms with Crippen LogP contribution in [-0.2, 0) is 16.6 Å². The molecular formula is C24H24N2O6S. The Labute approximate surface area is 191 Å². The first-order valence-electron chi connectivity index (χ1n) is 10.8. The quantitative estimate of drug-likeness (QED) is 0.525. The van der Waals surface area contributed by atoms with Gasteiger partial charge in [-0.3, -0.25) is 4.79 Å². The summed E-state index contributed by atoms with van der Waals surface area (Å²) in [6, 6.07) is 14.9. The summed E-state index contributed by atoms with van der Waals surface area (Å²) >= 11 is 0. The van der Waals surface area contributed by atoms with E-state index in [-0.39, 0.29) is 23.4 Å². The molecule has 5 rings (SSSR count). The maximum atomic E-state index is 12.9. The van der Waals surface area contributed by atoms with E-state index in [1.807, 2.05) is 18.2 Å². The van der Waals surface area contributed by atoms with Gasteiger partial charge < -0.3 is 19.2 Å². The zero-order valence-electron chi connectivity index (χ0n) is 17.8. The van der Waals surface area contributed by atoms with Gasteiger partial charge in [-0.05, 0) is 72.9 Å². The monoisotopic (exact) mass is 468 g/mol. The van der Waals surface area contributed by atoms with Crippen molar-refractivity contribution >= 4 is 15.9 Å². The summed E-state index contributed by atoms with van der Waals surface area (Å²) in [6.45, 7) is 1.08. The van der Waals surface area contributed by atoms with Gasteiger partial charge in [0.15, 0.2) is 11.5 Å². The molecule has 0 spiro atoms. The van der Waals surface area contributed by atoms with Crippen LogP contribution in [0.4, 0.5) is 0 Å². The molecule has 1 saturated carbocycles. The molecule has 1 unspecified atom stereocenters. The number of carbonyl (C=O) groups excluding carboxylic acids is 1. The molecule has 2 aromatic carbocycles. The fraction of sp³-hybridized carbons (Fsp3) is 0.292.